The van der Waals surface area contributed by atoms with E-state index in [0.717, 1.165) is 11.1 Å². The van der Waals surface area contributed by atoms with Crippen molar-refractivity contribution in [3.8, 4) is 17.0 Å². The molecular formula is C25H25N3O5. The highest BCUT2D eigenvalue weighted by Gasteiger charge is 2.19. The maximum absolute atomic E-state index is 12.3. The standard InChI is InChI=1S/C25H25N3O5/c1-33-20-9-5-6-17(14-20)15-26-22(25(31)32)12-13-23(29)28-24(30)19-10-11-21(27-16-19)18-7-3-2-4-8-18/h2-11,14,16,22,26H,12-13,15H2,1H3,(H,31,32)(H,28,29,30)/t22-/m0/s1. The first-order chi connectivity index (χ1) is 16.0. The van der Waals surface area contributed by atoms with Crippen molar-refractivity contribution in [3.05, 3.63) is 84.1 Å². The van der Waals surface area contributed by atoms with Gasteiger partial charge in [0.05, 0.1) is 18.4 Å². The van der Waals surface area contributed by atoms with Gasteiger partial charge in [-0.15, -0.1) is 0 Å². The molecule has 1 atom stereocenters. The first kappa shape index (κ1) is 23.6. The van der Waals surface area contributed by atoms with Crippen LogP contribution in [0.5, 0.6) is 5.75 Å². The number of rotatable bonds is 10. The van der Waals surface area contributed by atoms with Gasteiger partial charge in [-0.1, -0.05) is 42.5 Å². The highest BCUT2D eigenvalue weighted by Crippen LogP contribution is 2.16. The van der Waals surface area contributed by atoms with E-state index < -0.39 is 23.8 Å². The Hall–Kier alpha value is -4.04. The molecule has 33 heavy (non-hydrogen) atoms. The Morgan fingerprint density at radius 1 is 1.03 bits per heavy atom. The number of nitrogens with one attached hydrogen (secondary N) is 2. The number of carboxylic acids is 1. The molecule has 8 heteroatoms. The van der Waals surface area contributed by atoms with Gasteiger partial charge in [-0.25, -0.2) is 0 Å². The van der Waals surface area contributed by atoms with Crippen LogP contribution in [0.1, 0.15) is 28.8 Å². The summed E-state index contributed by atoms with van der Waals surface area (Å²) in [5, 5.41) is 14.7. The highest BCUT2D eigenvalue weighted by molar-refractivity contribution is 6.04. The summed E-state index contributed by atoms with van der Waals surface area (Å²) in [6.07, 6.45) is 1.31. The topological polar surface area (TPSA) is 118 Å². The fourth-order valence-electron chi connectivity index (χ4n) is 3.18. The van der Waals surface area contributed by atoms with Crippen LogP contribution in [0.25, 0.3) is 11.3 Å². The van der Waals surface area contributed by atoms with Gasteiger partial charge in [0.1, 0.15) is 11.8 Å². The molecule has 3 rings (SSSR count). The fraction of sp³-hybridized carbons (Fsp3) is 0.200. The summed E-state index contributed by atoms with van der Waals surface area (Å²) >= 11 is 0. The summed E-state index contributed by atoms with van der Waals surface area (Å²) < 4.78 is 5.16. The van der Waals surface area contributed by atoms with Crippen LogP contribution in [-0.2, 0) is 16.1 Å². The van der Waals surface area contributed by atoms with Crippen LogP contribution in [0, 0.1) is 0 Å². The number of nitrogens with zero attached hydrogens (tertiary/aromatic N) is 1. The van der Waals surface area contributed by atoms with E-state index in [9.17, 15) is 19.5 Å². The average Bonchev–Trinajstić information content (AvgIpc) is 2.84. The second kappa shape index (κ2) is 11.5. The van der Waals surface area contributed by atoms with E-state index >= 15 is 0 Å². The van der Waals surface area contributed by atoms with Gasteiger partial charge in [0, 0.05) is 24.7 Å². The third-order valence-corrected chi connectivity index (χ3v) is 4.99. The number of hydrogen-bond acceptors (Lipinski definition) is 6. The highest BCUT2D eigenvalue weighted by atomic mass is 16.5. The number of carbonyl (C=O) groups excluding carboxylic acids is 2. The Bertz CT molecular complexity index is 1100. The van der Waals surface area contributed by atoms with Crippen molar-refractivity contribution in [3.63, 3.8) is 0 Å². The third-order valence-electron chi connectivity index (χ3n) is 4.99. The number of aliphatic carboxylic acids is 1. The minimum atomic E-state index is -1.07. The molecule has 0 radical (unpaired) electrons. The number of aromatic nitrogens is 1. The summed E-state index contributed by atoms with van der Waals surface area (Å²) in [5.74, 6) is -1.53. The maximum Gasteiger partial charge on any atom is 0.320 e. The predicted octanol–water partition coefficient (Wildman–Crippen LogP) is 3.04. The number of ether oxygens (including phenoxy) is 1. The number of imide groups is 1. The van der Waals surface area contributed by atoms with Crippen LogP contribution in [0.2, 0.25) is 0 Å². The molecule has 1 heterocycles. The van der Waals surface area contributed by atoms with E-state index in [0.29, 0.717) is 18.0 Å². The zero-order valence-corrected chi connectivity index (χ0v) is 18.2. The normalized spacial score (nSPS) is 11.4. The summed E-state index contributed by atoms with van der Waals surface area (Å²) in [4.78, 5) is 40.4. The van der Waals surface area contributed by atoms with Crippen molar-refractivity contribution in [2.24, 2.45) is 0 Å². The smallest absolute Gasteiger partial charge is 0.320 e. The van der Waals surface area contributed by atoms with Gasteiger partial charge >= 0.3 is 5.97 Å². The van der Waals surface area contributed by atoms with Crippen LogP contribution in [-0.4, -0.2) is 41.0 Å². The zero-order chi connectivity index (χ0) is 23.6. The van der Waals surface area contributed by atoms with Crippen molar-refractivity contribution in [2.45, 2.75) is 25.4 Å². The number of hydrogen-bond donors (Lipinski definition) is 3. The summed E-state index contributed by atoms with van der Waals surface area (Å²) in [6, 6.07) is 19.1. The van der Waals surface area contributed by atoms with Crippen molar-refractivity contribution in [1.29, 1.82) is 0 Å². The van der Waals surface area contributed by atoms with Crippen LogP contribution < -0.4 is 15.4 Å². The van der Waals surface area contributed by atoms with Crippen LogP contribution in [0.3, 0.4) is 0 Å². The van der Waals surface area contributed by atoms with E-state index in [1.165, 1.54) is 6.20 Å². The lowest BCUT2D eigenvalue weighted by Gasteiger charge is -2.14. The minimum Gasteiger partial charge on any atom is -0.497 e. The molecular weight excluding hydrogens is 422 g/mol. The Morgan fingerprint density at radius 2 is 1.82 bits per heavy atom. The van der Waals surface area contributed by atoms with Crippen molar-refractivity contribution in [1.82, 2.24) is 15.6 Å². The third kappa shape index (κ3) is 6.98. The number of carbonyl (C=O) groups is 3. The number of benzene rings is 2. The minimum absolute atomic E-state index is 0.0314. The van der Waals surface area contributed by atoms with E-state index in [1.807, 2.05) is 42.5 Å². The lowest BCUT2D eigenvalue weighted by atomic mass is 10.1. The largest absolute Gasteiger partial charge is 0.497 e. The number of carboxylic acid groups (broad SMARTS) is 1. The van der Waals surface area contributed by atoms with E-state index in [-0.39, 0.29) is 18.4 Å². The van der Waals surface area contributed by atoms with Gasteiger partial charge in [-0.3, -0.25) is 24.7 Å². The number of methoxy groups -OCH3 is 1. The van der Waals surface area contributed by atoms with E-state index in [4.69, 9.17) is 4.74 Å². The molecule has 3 N–H and O–H groups in total. The molecule has 1 aromatic heterocycles. The predicted molar refractivity (Wildman–Crippen MR) is 123 cm³/mol. The monoisotopic (exact) mass is 447 g/mol. The first-order valence-electron chi connectivity index (χ1n) is 10.4. The Kier molecular flexibility index (Phi) is 8.26. The van der Waals surface area contributed by atoms with E-state index in [2.05, 4.69) is 15.6 Å². The molecule has 0 aliphatic heterocycles. The lowest BCUT2D eigenvalue weighted by Crippen LogP contribution is -2.38. The second-order valence-corrected chi connectivity index (χ2v) is 7.34. The molecule has 0 saturated carbocycles. The summed E-state index contributed by atoms with van der Waals surface area (Å²) in [6.45, 7) is 0.300. The van der Waals surface area contributed by atoms with Crippen LogP contribution in [0.4, 0.5) is 0 Å². The number of amides is 2. The van der Waals surface area contributed by atoms with Crippen molar-refractivity contribution in [2.75, 3.05) is 7.11 Å². The van der Waals surface area contributed by atoms with Crippen molar-refractivity contribution >= 4 is 17.8 Å². The van der Waals surface area contributed by atoms with Gasteiger partial charge in [0.2, 0.25) is 5.91 Å². The number of pyridine rings is 1. The summed E-state index contributed by atoms with van der Waals surface area (Å²) in [5.41, 5.74) is 2.73. The van der Waals surface area contributed by atoms with Gasteiger partial charge in [0.15, 0.2) is 0 Å². The van der Waals surface area contributed by atoms with Gasteiger partial charge < -0.3 is 15.2 Å². The molecule has 8 nitrogen and oxygen atoms in total. The SMILES string of the molecule is COc1cccc(CN[C@@H](CCC(=O)NC(=O)c2ccc(-c3ccccc3)nc2)C(=O)O)c1. The van der Waals surface area contributed by atoms with Gasteiger partial charge in [0.25, 0.3) is 5.91 Å². The molecule has 170 valence electrons. The Balaban J connectivity index is 1.50. The Morgan fingerprint density at radius 3 is 2.48 bits per heavy atom. The quantitative estimate of drug-likeness (QED) is 0.437. The molecule has 0 bridgehead atoms. The molecule has 3 aromatic rings. The van der Waals surface area contributed by atoms with Crippen LogP contribution >= 0.6 is 0 Å². The van der Waals surface area contributed by atoms with Gasteiger partial charge in [-0.2, -0.15) is 0 Å². The Labute approximate surface area is 191 Å². The zero-order valence-electron chi connectivity index (χ0n) is 18.2. The molecule has 0 aliphatic rings. The van der Waals surface area contributed by atoms with Crippen molar-refractivity contribution < 1.29 is 24.2 Å². The molecule has 0 unspecified atom stereocenters. The summed E-state index contributed by atoms with van der Waals surface area (Å²) in [7, 11) is 1.56. The maximum atomic E-state index is 12.3. The molecule has 2 amide bonds. The van der Waals surface area contributed by atoms with Crippen LogP contribution in [0.15, 0.2) is 72.9 Å². The van der Waals surface area contributed by atoms with Gasteiger partial charge in [-0.05, 0) is 36.2 Å². The lowest BCUT2D eigenvalue weighted by molar-refractivity contribution is -0.139. The molecule has 0 fully saturated rings. The molecule has 2 aromatic carbocycles. The fourth-order valence-corrected chi connectivity index (χ4v) is 3.18. The second-order valence-electron chi connectivity index (χ2n) is 7.34. The molecule has 0 aliphatic carbocycles. The first-order valence-corrected chi connectivity index (χ1v) is 10.4. The molecule has 0 spiro atoms. The molecule has 0 saturated heterocycles. The van der Waals surface area contributed by atoms with E-state index in [1.54, 1.807) is 31.4 Å². The average molecular weight is 447 g/mol.